The van der Waals surface area contributed by atoms with Gasteiger partial charge in [-0.2, -0.15) is 0 Å². The molecule has 1 aromatic carbocycles. The van der Waals surface area contributed by atoms with Gasteiger partial charge in [-0.3, -0.25) is 4.79 Å². The van der Waals surface area contributed by atoms with E-state index in [4.69, 9.17) is 16.0 Å². The molecule has 0 amide bonds. The van der Waals surface area contributed by atoms with E-state index in [0.717, 1.165) is 6.26 Å². The molecule has 1 aromatic heterocycles. The van der Waals surface area contributed by atoms with Crippen molar-refractivity contribution in [1.29, 1.82) is 0 Å². The van der Waals surface area contributed by atoms with Gasteiger partial charge in [-0.1, -0.05) is 11.6 Å². The Labute approximate surface area is 115 Å². The van der Waals surface area contributed by atoms with Gasteiger partial charge >= 0.3 is 0 Å². The summed E-state index contributed by atoms with van der Waals surface area (Å²) in [5.74, 6) is 0.522. The summed E-state index contributed by atoms with van der Waals surface area (Å²) in [7, 11) is -3.34. The highest BCUT2D eigenvalue weighted by Gasteiger charge is 2.16. The third-order valence-corrected chi connectivity index (χ3v) is 4.26. The first kappa shape index (κ1) is 13.8. The highest BCUT2D eigenvalue weighted by molar-refractivity contribution is 7.90. The molecule has 0 N–H and O–H groups in total. The number of sulfone groups is 1. The van der Waals surface area contributed by atoms with Crippen molar-refractivity contribution in [2.75, 3.05) is 6.26 Å². The van der Waals surface area contributed by atoms with Gasteiger partial charge in [0.25, 0.3) is 0 Å². The molecule has 0 fully saturated rings. The normalized spacial score (nSPS) is 11.5. The number of rotatable bonds is 3. The standard InChI is InChI=1S/C13H11ClO4S/c1-8-5-10(19(2,16)17)6-11(13(8)14)12-4-3-9(7-15)18-12/h3-7H,1-2H3. The maximum Gasteiger partial charge on any atom is 0.185 e. The monoisotopic (exact) mass is 298 g/mol. The number of halogens is 1. The van der Waals surface area contributed by atoms with Crippen LogP contribution in [-0.4, -0.2) is 21.0 Å². The maximum absolute atomic E-state index is 11.6. The highest BCUT2D eigenvalue weighted by Crippen LogP contribution is 2.34. The summed E-state index contributed by atoms with van der Waals surface area (Å²) in [5.41, 5.74) is 1.08. The van der Waals surface area contributed by atoms with Gasteiger partial charge in [-0.05, 0) is 36.8 Å². The van der Waals surface area contributed by atoms with Gasteiger partial charge < -0.3 is 4.42 Å². The number of benzene rings is 1. The van der Waals surface area contributed by atoms with E-state index in [-0.39, 0.29) is 10.7 Å². The molecule has 2 aromatic rings. The van der Waals surface area contributed by atoms with E-state index in [2.05, 4.69) is 0 Å². The molecule has 2 rings (SSSR count). The van der Waals surface area contributed by atoms with Crippen LogP contribution in [0.4, 0.5) is 0 Å². The lowest BCUT2D eigenvalue weighted by Crippen LogP contribution is -1.98. The molecular weight excluding hydrogens is 288 g/mol. The van der Waals surface area contributed by atoms with Crippen molar-refractivity contribution >= 4 is 27.7 Å². The average molecular weight is 299 g/mol. The number of furan rings is 1. The molecule has 4 nitrogen and oxygen atoms in total. The van der Waals surface area contributed by atoms with Crippen LogP contribution in [-0.2, 0) is 9.84 Å². The van der Waals surface area contributed by atoms with Crippen molar-refractivity contribution in [2.45, 2.75) is 11.8 Å². The third kappa shape index (κ3) is 2.72. The minimum Gasteiger partial charge on any atom is -0.453 e. The van der Waals surface area contributed by atoms with Gasteiger partial charge in [0.1, 0.15) is 5.76 Å². The summed E-state index contributed by atoms with van der Waals surface area (Å²) in [6, 6.07) is 6.03. The minimum atomic E-state index is -3.34. The Morgan fingerprint density at radius 2 is 1.95 bits per heavy atom. The largest absolute Gasteiger partial charge is 0.453 e. The van der Waals surface area contributed by atoms with E-state index < -0.39 is 9.84 Å². The van der Waals surface area contributed by atoms with E-state index >= 15 is 0 Å². The Morgan fingerprint density at radius 3 is 2.47 bits per heavy atom. The minimum absolute atomic E-state index is 0.161. The number of hydrogen-bond acceptors (Lipinski definition) is 4. The molecule has 0 saturated heterocycles. The lowest BCUT2D eigenvalue weighted by Gasteiger charge is -2.08. The fourth-order valence-electron chi connectivity index (χ4n) is 1.69. The van der Waals surface area contributed by atoms with Gasteiger partial charge in [-0.25, -0.2) is 8.42 Å². The van der Waals surface area contributed by atoms with Crippen molar-refractivity contribution in [3.8, 4) is 11.3 Å². The number of aldehydes is 1. The molecule has 0 radical (unpaired) electrons. The third-order valence-electron chi connectivity index (χ3n) is 2.66. The van der Waals surface area contributed by atoms with E-state index in [1.54, 1.807) is 13.0 Å². The SMILES string of the molecule is Cc1cc(S(C)(=O)=O)cc(-c2ccc(C=O)o2)c1Cl. The number of hydrogen-bond donors (Lipinski definition) is 0. The van der Waals surface area contributed by atoms with Crippen LogP contribution in [0.2, 0.25) is 5.02 Å². The molecule has 1 heterocycles. The van der Waals surface area contributed by atoms with Gasteiger partial charge in [-0.15, -0.1) is 0 Å². The van der Waals surface area contributed by atoms with Crippen LogP contribution in [0.3, 0.4) is 0 Å². The summed E-state index contributed by atoms with van der Waals surface area (Å²) in [4.78, 5) is 10.8. The molecule has 100 valence electrons. The van der Waals surface area contributed by atoms with Crippen molar-refractivity contribution < 1.29 is 17.6 Å². The molecule has 0 bridgehead atoms. The van der Waals surface area contributed by atoms with Crippen LogP contribution in [0.5, 0.6) is 0 Å². The van der Waals surface area contributed by atoms with E-state index in [0.29, 0.717) is 28.2 Å². The topological polar surface area (TPSA) is 64.3 Å². The molecule has 0 aliphatic carbocycles. The van der Waals surface area contributed by atoms with E-state index in [1.165, 1.54) is 18.2 Å². The van der Waals surface area contributed by atoms with E-state index in [1.807, 2.05) is 0 Å². The summed E-state index contributed by atoms with van der Waals surface area (Å²) >= 11 is 6.16. The lowest BCUT2D eigenvalue weighted by molar-refractivity contribution is 0.110. The van der Waals surface area contributed by atoms with Crippen LogP contribution < -0.4 is 0 Å². The quantitative estimate of drug-likeness (QED) is 0.817. The van der Waals surface area contributed by atoms with Gasteiger partial charge in [0.15, 0.2) is 21.9 Å². The molecule has 0 saturated carbocycles. The van der Waals surface area contributed by atoms with Crippen molar-refractivity contribution in [3.05, 3.63) is 40.6 Å². The van der Waals surface area contributed by atoms with Crippen molar-refractivity contribution in [1.82, 2.24) is 0 Å². The summed E-state index contributed by atoms with van der Waals surface area (Å²) in [6.07, 6.45) is 1.70. The van der Waals surface area contributed by atoms with Gasteiger partial charge in [0.05, 0.1) is 9.92 Å². The molecule has 0 aliphatic rings. The van der Waals surface area contributed by atoms with Gasteiger partial charge in [0.2, 0.25) is 0 Å². The van der Waals surface area contributed by atoms with Crippen molar-refractivity contribution in [2.24, 2.45) is 0 Å². The van der Waals surface area contributed by atoms with Crippen LogP contribution in [0, 0.1) is 6.92 Å². The summed E-state index contributed by atoms with van der Waals surface area (Å²) in [6.45, 7) is 1.71. The summed E-state index contributed by atoms with van der Waals surface area (Å²) < 4.78 is 28.5. The molecular formula is C13H11ClO4S. The zero-order chi connectivity index (χ0) is 14.2. The second-order valence-electron chi connectivity index (χ2n) is 4.19. The van der Waals surface area contributed by atoms with Crippen molar-refractivity contribution in [3.63, 3.8) is 0 Å². The van der Waals surface area contributed by atoms with Crippen LogP contribution >= 0.6 is 11.6 Å². The first-order valence-electron chi connectivity index (χ1n) is 5.38. The number of aryl methyl sites for hydroxylation is 1. The first-order chi connectivity index (χ1) is 8.82. The number of carbonyl (C=O) groups excluding carboxylic acids is 1. The molecule has 19 heavy (non-hydrogen) atoms. The Hall–Kier alpha value is -1.59. The Balaban J connectivity index is 2.68. The average Bonchev–Trinajstić information content (AvgIpc) is 2.79. The molecule has 0 atom stereocenters. The Morgan fingerprint density at radius 1 is 1.26 bits per heavy atom. The molecule has 6 heteroatoms. The lowest BCUT2D eigenvalue weighted by atomic mass is 10.1. The van der Waals surface area contributed by atoms with Crippen LogP contribution in [0.25, 0.3) is 11.3 Å². The van der Waals surface area contributed by atoms with Gasteiger partial charge in [0, 0.05) is 11.8 Å². The predicted molar refractivity (Wildman–Crippen MR) is 72.4 cm³/mol. The second-order valence-corrected chi connectivity index (χ2v) is 6.59. The second kappa shape index (κ2) is 4.83. The molecule has 0 unspecified atom stereocenters. The Bertz CT molecular complexity index is 744. The van der Waals surface area contributed by atoms with Crippen LogP contribution in [0.1, 0.15) is 16.1 Å². The fraction of sp³-hybridized carbons (Fsp3) is 0.154. The molecule has 0 spiro atoms. The fourth-order valence-corrected chi connectivity index (χ4v) is 2.62. The highest BCUT2D eigenvalue weighted by atomic mass is 35.5. The number of carbonyl (C=O) groups is 1. The predicted octanol–water partition coefficient (Wildman–Crippen LogP) is 3.12. The smallest absolute Gasteiger partial charge is 0.185 e. The Kier molecular flexibility index (Phi) is 3.52. The summed E-state index contributed by atoms with van der Waals surface area (Å²) in [5, 5.41) is 0.402. The van der Waals surface area contributed by atoms with Crippen LogP contribution in [0.15, 0.2) is 33.6 Å². The zero-order valence-electron chi connectivity index (χ0n) is 10.3. The zero-order valence-corrected chi connectivity index (χ0v) is 11.9. The maximum atomic E-state index is 11.6. The first-order valence-corrected chi connectivity index (χ1v) is 7.65. The van der Waals surface area contributed by atoms with E-state index in [9.17, 15) is 13.2 Å². The molecule has 0 aliphatic heterocycles.